The molecule has 1 saturated heterocycles. The van der Waals surface area contributed by atoms with Crippen molar-refractivity contribution in [2.45, 2.75) is 29.7 Å². The minimum Gasteiger partial charge on any atom is -0.420 e. The first-order valence-electron chi connectivity index (χ1n) is 11.0. The predicted octanol–water partition coefficient (Wildman–Crippen LogP) is 4.72. The van der Waals surface area contributed by atoms with E-state index in [4.69, 9.17) is 16.6 Å². The number of sulfone groups is 1. The molecule has 0 bridgehead atoms. The monoisotopic (exact) mass is 527 g/mol. The van der Waals surface area contributed by atoms with E-state index < -0.39 is 9.84 Å². The first kappa shape index (κ1) is 25.2. The third-order valence-electron chi connectivity index (χ3n) is 5.41. The maximum atomic E-state index is 13.3. The number of nitrogens with zero attached hydrogens (tertiary/aromatic N) is 3. The minimum atomic E-state index is -3.92. The molecule has 7 nitrogen and oxygen atoms in total. The quantitative estimate of drug-likeness (QED) is 0.308. The van der Waals surface area contributed by atoms with Gasteiger partial charge in [-0.2, -0.15) is 4.98 Å². The van der Waals surface area contributed by atoms with Crippen LogP contribution in [0.15, 0.2) is 73.8 Å². The van der Waals surface area contributed by atoms with Crippen LogP contribution in [0.5, 0.6) is 0 Å². The molecule has 0 N–H and O–H groups in total. The first-order chi connectivity index (χ1) is 16.7. The highest BCUT2D eigenvalue weighted by molar-refractivity contribution is 8.26. The summed E-state index contributed by atoms with van der Waals surface area (Å²) in [6, 6.07) is 16.6. The topological polar surface area (TPSA) is 83.7 Å². The van der Waals surface area contributed by atoms with Crippen LogP contribution in [0.4, 0.5) is 5.88 Å². The van der Waals surface area contributed by atoms with Crippen molar-refractivity contribution >= 4 is 56.0 Å². The second kappa shape index (κ2) is 10.3. The van der Waals surface area contributed by atoms with E-state index in [9.17, 15) is 13.2 Å². The zero-order chi connectivity index (χ0) is 25.2. The highest BCUT2D eigenvalue weighted by Gasteiger charge is 2.33. The maximum absolute atomic E-state index is 13.3. The van der Waals surface area contributed by atoms with Gasteiger partial charge in [-0.1, -0.05) is 72.0 Å². The Bertz CT molecular complexity index is 1380. The Morgan fingerprint density at radius 3 is 2.46 bits per heavy atom. The van der Waals surface area contributed by atoms with Gasteiger partial charge in [0.05, 0.1) is 9.80 Å². The van der Waals surface area contributed by atoms with Crippen molar-refractivity contribution in [3.8, 4) is 0 Å². The number of amides is 1. The van der Waals surface area contributed by atoms with Crippen molar-refractivity contribution in [3.63, 3.8) is 0 Å². The van der Waals surface area contributed by atoms with Crippen LogP contribution >= 0.6 is 24.0 Å². The van der Waals surface area contributed by atoms with Crippen LogP contribution in [0, 0.1) is 6.92 Å². The Balaban J connectivity index is 1.56. The van der Waals surface area contributed by atoms with Crippen molar-refractivity contribution < 1.29 is 17.6 Å². The number of carbonyl (C=O) groups is 1. The van der Waals surface area contributed by atoms with Crippen LogP contribution in [-0.2, 0) is 21.1 Å². The molecule has 1 fully saturated rings. The number of anilines is 1. The van der Waals surface area contributed by atoms with Crippen molar-refractivity contribution in [1.29, 1.82) is 0 Å². The largest absolute Gasteiger partial charge is 0.420 e. The third kappa shape index (κ3) is 5.50. The lowest BCUT2D eigenvalue weighted by atomic mass is 10.1. The van der Waals surface area contributed by atoms with Gasteiger partial charge in [-0.25, -0.2) is 8.42 Å². The summed E-state index contributed by atoms with van der Waals surface area (Å²) >= 11 is 6.58. The fourth-order valence-corrected chi connectivity index (χ4v) is 6.21. The lowest BCUT2D eigenvalue weighted by Gasteiger charge is -2.14. The summed E-state index contributed by atoms with van der Waals surface area (Å²) in [5.41, 5.74) is 2.15. The van der Waals surface area contributed by atoms with Gasteiger partial charge in [0.2, 0.25) is 26.6 Å². The van der Waals surface area contributed by atoms with Crippen molar-refractivity contribution in [3.05, 3.63) is 76.5 Å². The molecule has 3 aromatic rings. The lowest BCUT2D eigenvalue weighted by Crippen LogP contribution is -2.29. The second-order valence-electron chi connectivity index (χ2n) is 8.30. The summed E-state index contributed by atoms with van der Waals surface area (Å²) in [7, 11) is -0.579. The van der Waals surface area contributed by atoms with Crippen LogP contribution in [-0.4, -0.2) is 49.2 Å². The van der Waals surface area contributed by atoms with Gasteiger partial charge >= 0.3 is 0 Å². The smallest absolute Gasteiger partial charge is 0.266 e. The first-order valence-corrected chi connectivity index (χ1v) is 13.7. The molecule has 2 aromatic carbocycles. The maximum Gasteiger partial charge on any atom is 0.266 e. The molecular formula is C25H25N3O4S3. The molecule has 1 aliphatic rings. The van der Waals surface area contributed by atoms with E-state index in [2.05, 4.69) is 17.1 Å². The molecule has 4 rings (SSSR count). The average molecular weight is 528 g/mol. The number of rotatable bonds is 8. The molecule has 10 heteroatoms. The highest BCUT2D eigenvalue weighted by Crippen LogP contribution is 2.35. The molecule has 0 radical (unpaired) electrons. The number of aromatic nitrogens is 1. The van der Waals surface area contributed by atoms with E-state index in [0.717, 1.165) is 30.2 Å². The molecule has 1 aromatic heterocycles. The SMILES string of the molecule is Cc1ccc(S(=O)(=O)c2nc(C=C3SC(=S)N(CCCc4ccccc4)C3=O)oc2N(C)C)cc1. The van der Waals surface area contributed by atoms with Gasteiger partial charge in [0.15, 0.2) is 0 Å². The summed E-state index contributed by atoms with van der Waals surface area (Å²) in [6.45, 7) is 2.38. The zero-order valence-electron chi connectivity index (χ0n) is 19.6. The van der Waals surface area contributed by atoms with Crippen LogP contribution in [0.25, 0.3) is 6.08 Å². The van der Waals surface area contributed by atoms with Crippen molar-refractivity contribution in [1.82, 2.24) is 9.88 Å². The van der Waals surface area contributed by atoms with E-state index in [1.165, 1.54) is 11.6 Å². The van der Waals surface area contributed by atoms with Crippen LogP contribution in [0.3, 0.4) is 0 Å². The number of carbonyl (C=O) groups excluding carboxylic acids is 1. The molecule has 35 heavy (non-hydrogen) atoms. The van der Waals surface area contributed by atoms with Crippen LogP contribution in [0.1, 0.15) is 23.4 Å². The Hall–Kier alpha value is -2.95. The molecule has 0 unspecified atom stereocenters. The van der Waals surface area contributed by atoms with E-state index in [-0.39, 0.29) is 27.6 Å². The molecule has 0 spiro atoms. The lowest BCUT2D eigenvalue weighted by molar-refractivity contribution is -0.122. The molecule has 0 aliphatic carbocycles. The number of hydrogen-bond acceptors (Lipinski definition) is 8. The summed E-state index contributed by atoms with van der Waals surface area (Å²) in [5.74, 6) is -0.111. The number of aryl methyl sites for hydroxylation is 2. The van der Waals surface area contributed by atoms with Gasteiger partial charge in [0.25, 0.3) is 5.91 Å². The molecule has 2 heterocycles. The zero-order valence-corrected chi connectivity index (χ0v) is 22.0. The third-order valence-corrected chi connectivity index (χ3v) is 8.45. The second-order valence-corrected chi connectivity index (χ2v) is 11.8. The minimum absolute atomic E-state index is 0.0316. The van der Waals surface area contributed by atoms with Gasteiger partial charge in [-0.3, -0.25) is 9.69 Å². The van der Waals surface area contributed by atoms with Gasteiger partial charge in [0, 0.05) is 26.7 Å². The Morgan fingerprint density at radius 1 is 1.11 bits per heavy atom. The molecule has 182 valence electrons. The van der Waals surface area contributed by atoms with Crippen LogP contribution in [0.2, 0.25) is 0 Å². The predicted molar refractivity (Wildman–Crippen MR) is 142 cm³/mol. The van der Waals surface area contributed by atoms with E-state index >= 15 is 0 Å². The Kier molecular flexibility index (Phi) is 7.44. The standard InChI is InChI=1S/C25H25N3O4S3/c1-17-11-13-19(14-12-17)35(30,31)22-24(27(2)3)32-21(26-22)16-20-23(29)28(25(33)34-20)15-7-10-18-8-5-4-6-9-18/h4-6,8-9,11-14,16H,7,10,15H2,1-3H3. The Labute approximate surface area is 214 Å². The normalized spacial score (nSPS) is 15.3. The number of thioether (sulfide) groups is 1. The van der Waals surface area contributed by atoms with E-state index in [0.29, 0.717) is 15.8 Å². The fourth-order valence-electron chi connectivity index (χ4n) is 3.55. The summed E-state index contributed by atoms with van der Waals surface area (Å²) in [4.78, 5) is 20.8. The molecule has 1 amide bonds. The number of hydrogen-bond donors (Lipinski definition) is 0. The molecule has 1 aliphatic heterocycles. The molecule has 0 saturated carbocycles. The van der Waals surface area contributed by atoms with E-state index in [1.54, 1.807) is 48.2 Å². The van der Waals surface area contributed by atoms with Gasteiger partial charge in [0.1, 0.15) is 4.32 Å². The highest BCUT2D eigenvalue weighted by atomic mass is 32.2. The van der Waals surface area contributed by atoms with Crippen molar-refractivity contribution in [2.24, 2.45) is 0 Å². The molecule has 0 atom stereocenters. The van der Waals surface area contributed by atoms with Crippen molar-refractivity contribution in [2.75, 3.05) is 25.5 Å². The fraction of sp³-hybridized carbons (Fsp3) is 0.240. The summed E-state index contributed by atoms with van der Waals surface area (Å²) in [5, 5.41) is -0.198. The van der Waals surface area contributed by atoms with E-state index in [1.807, 2.05) is 25.1 Å². The number of thiocarbonyl (C=S) groups is 1. The molecular weight excluding hydrogens is 502 g/mol. The van der Waals surface area contributed by atoms with Gasteiger partial charge in [-0.05, 0) is 37.5 Å². The average Bonchev–Trinajstić information content (AvgIpc) is 3.37. The van der Waals surface area contributed by atoms with Gasteiger partial charge in [-0.15, -0.1) is 0 Å². The Morgan fingerprint density at radius 2 is 1.80 bits per heavy atom. The summed E-state index contributed by atoms with van der Waals surface area (Å²) < 4.78 is 32.7. The number of oxazole rings is 1. The number of benzene rings is 2. The van der Waals surface area contributed by atoms with Gasteiger partial charge < -0.3 is 9.32 Å². The summed E-state index contributed by atoms with van der Waals surface area (Å²) in [6.07, 6.45) is 3.06. The van der Waals surface area contributed by atoms with Crippen LogP contribution < -0.4 is 4.90 Å².